The van der Waals surface area contributed by atoms with Gasteiger partial charge in [-0.3, -0.25) is 0 Å². The van der Waals surface area contributed by atoms with Crippen LogP contribution in [0.4, 0.5) is 11.4 Å². The second-order valence-electron chi connectivity index (χ2n) is 14.5. The molecule has 0 radical (unpaired) electrons. The Bertz CT molecular complexity index is 3030. The quantitative estimate of drug-likeness (QED) is 0.146. The van der Waals surface area contributed by atoms with Gasteiger partial charge in [-0.05, 0) is 98.4 Å². The largest absolute Gasteiger partial charge is 0.456 e. The van der Waals surface area contributed by atoms with Crippen molar-refractivity contribution in [3.63, 3.8) is 0 Å². The maximum atomic E-state index is 6.42. The van der Waals surface area contributed by atoms with E-state index in [0.29, 0.717) is 0 Å². The van der Waals surface area contributed by atoms with E-state index < -0.39 is 0 Å². The smallest absolute Gasteiger partial charge is 0.136 e. The van der Waals surface area contributed by atoms with Crippen LogP contribution < -0.4 is 4.90 Å². The van der Waals surface area contributed by atoms with Crippen molar-refractivity contribution in [1.82, 2.24) is 0 Å². The standard InChI is InChI=1S/C54H39NO/c1-2-3-14-39-19-12-24-48-46(39)23-13-26-52(48)55(45-30-27-38(28-31-45)41-21-11-20-40(33-41)37-15-5-4-6-16-37)51-25-10-9-22-47(51)44-29-32-53-49(35-44)50-34-42-17-7-8-18-43(42)36-54(50)56-53/h2-30,32-36,45H,1,31H2/b14-3-. The number of hydrogen-bond donors (Lipinski definition) is 0. The predicted octanol–water partition coefficient (Wildman–Crippen LogP) is 15.0. The van der Waals surface area contributed by atoms with E-state index >= 15 is 0 Å². The van der Waals surface area contributed by atoms with Crippen molar-refractivity contribution in [2.75, 3.05) is 4.90 Å². The van der Waals surface area contributed by atoms with Crippen LogP contribution >= 0.6 is 0 Å². The molecule has 2 nitrogen and oxygen atoms in total. The van der Waals surface area contributed by atoms with Gasteiger partial charge in [0, 0.05) is 33.1 Å². The molecule has 0 spiro atoms. The lowest BCUT2D eigenvalue weighted by Crippen LogP contribution is -2.30. The molecule has 8 aromatic carbocycles. The first kappa shape index (κ1) is 33.4. The Hall–Kier alpha value is -7.16. The van der Waals surface area contributed by atoms with E-state index in [1.165, 1.54) is 60.6 Å². The normalized spacial score (nSPS) is 14.2. The van der Waals surface area contributed by atoms with E-state index in [-0.39, 0.29) is 6.04 Å². The summed E-state index contributed by atoms with van der Waals surface area (Å²) in [6.45, 7) is 3.92. The summed E-state index contributed by atoms with van der Waals surface area (Å²) in [7, 11) is 0. The van der Waals surface area contributed by atoms with Crippen molar-refractivity contribution < 1.29 is 4.42 Å². The average Bonchev–Trinajstić information content (AvgIpc) is 3.62. The summed E-state index contributed by atoms with van der Waals surface area (Å²) in [6.07, 6.45) is 13.9. The number of fused-ring (bicyclic) bond motifs is 5. The van der Waals surface area contributed by atoms with E-state index in [2.05, 4.69) is 206 Å². The van der Waals surface area contributed by atoms with Crippen LogP contribution in [0.1, 0.15) is 17.5 Å². The van der Waals surface area contributed by atoms with Gasteiger partial charge in [-0.1, -0.05) is 170 Å². The van der Waals surface area contributed by atoms with E-state index in [4.69, 9.17) is 4.42 Å². The molecule has 9 aromatic rings. The van der Waals surface area contributed by atoms with Crippen LogP contribution in [0.5, 0.6) is 0 Å². The van der Waals surface area contributed by atoms with Crippen LogP contribution in [0.2, 0.25) is 0 Å². The molecule has 0 saturated carbocycles. The monoisotopic (exact) mass is 717 g/mol. The highest BCUT2D eigenvalue weighted by Crippen LogP contribution is 2.44. The number of benzene rings is 8. The predicted molar refractivity (Wildman–Crippen MR) is 239 cm³/mol. The molecule has 0 aliphatic heterocycles. The molecule has 266 valence electrons. The molecule has 2 heteroatoms. The average molecular weight is 718 g/mol. The summed E-state index contributed by atoms with van der Waals surface area (Å²) < 4.78 is 6.42. The minimum Gasteiger partial charge on any atom is -0.456 e. The zero-order valence-electron chi connectivity index (χ0n) is 31.0. The van der Waals surface area contributed by atoms with Crippen LogP contribution in [-0.4, -0.2) is 6.04 Å². The van der Waals surface area contributed by atoms with Gasteiger partial charge in [0.25, 0.3) is 0 Å². The van der Waals surface area contributed by atoms with Gasteiger partial charge < -0.3 is 9.32 Å². The second kappa shape index (κ2) is 14.2. The van der Waals surface area contributed by atoms with Crippen LogP contribution in [0.15, 0.2) is 211 Å². The fourth-order valence-corrected chi connectivity index (χ4v) is 8.41. The Morgan fingerprint density at radius 3 is 2.11 bits per heavy atom. The summed E-state index contributed by atoms with van der Waals surface area (Å²) in [5, 5.41) is 7.05. The van der Waals surface area contributed by atoms with Gasteiger partial charge in [0.05, 0.1) is 6.04 Å². The summed E-state index contributed by atoms with van der Waals surface area (Å²) in [6, 6.07) is 61.2. The fourth-order valence-electron chi connectivity index (χ4n) is 8.41. The number of allylic oxidation sites excluding steroid dienone is 4. The van der Waals surface area contributed by atoms with E-state index in [9.17, 15) is 0 Å². The van der Waals surface area contributed by atoms with Crippen molar-refractivity contribution in [2.45, 2.75) is 12.5 Å². The zero-order chi connectivity index (χ0) is 37.4. The fraction of sp³-hybridized carbons (Fsp3) is 0.0370. The lowest BCUT2D eigenvalue weighted by atomic mass is 9.92. The molecule has 0 saturated heterocycles. The number of para-hydroxylation sites is 1. The molecular formula is C54H39NO. The maximum absolute atomic E-state index is 6.42. The first-order valence-corrected chi connectivity index (χ1v) is 19.3. The summed E-state index contributed by atoms with van der Waals surface area (Å²) >= 11 is 0. The number of hydrogen-bond acceptors (Lipinski definition) is 2. The number of rotatable bonds is 8. The number of nitrogens with zero attached hydrogens (tertiary/aromatic N) is 1. The Morgan fingerprint density at radius 2 is 1.25 bits per heavy atom. The van der Waals surface area contributed by atoms with Gasteiger partial charge >= 0.3 is 0 Å². The first-order chi connectivity index (χ1) is 27.7. The SMILES string of the molecule is C=C/C=C\c1cccc2c(N(c3ccccc3-c3ccc4oc5cc6ccccc6cc5c4c3)C3C=CC(c4cccc(-c5ccccc5)c4)=CC3)cccc12. The van der Waals surface area contributed by atoms with Crippen molar-refractivity contribution in [3.05, 3.63) is 218 Å². The molecule has 1 aliphatic carbocycles. The molecule has 0 bridgehead atoms. The van der Waals surface area contributed by atoms with Gasteiger partial charge in [0.1, 0.15) is 11.2 Å². The van der Waals surface area contributed by atoms with Crippen LogP contribution in [-0.2, 0) is 0 Å². The first-order valence-electron chi connectivity index (χ1n) is 19.3. The van der Waals surface area contributed by atoms with Gasteiger partial charge in [0.15, 0.2) is 0 Å². The van der Waals surface area contributed by atoms with Crippen molar-refractivity contribution in [3.8, 4) is 22.3 Å². The molecule has 1 atom stereocenters. The Kier molecular flexibility index (Phi) is 8.50. The summed E-state index contributed by atoms with van der Waals surface area (Å²) in [5.41, 5.74) is 12.5. The Balaban J connectivity index is 1.11. The molecule has 56 heavy (non-hydrogen) atoms. The van der Waals surface area contributed by atoms with E-state index in [1.54, 1.807) is 0 Å². The molecular weight excluding hydrogens is 679 g/mol. The third-order valence-corrected chi connectivity index (χ3v) is 11.1. The van der Waals surface area contributed by atoms with Crippen molar-refractivity contribution in [2.24, 2.45) is 0 Å². The van der Waals surface area contributed by atoms with Crippen LogP contribution in [0.3, 0.4) is 0 Å². The maximum Gasteiger partial charge on any atom is 0.136 e. The zero-order valence-corrected chi connectivity index (χ0v) is 31.0. The van der Waals surface area contributed by atoms with E-state index in [1.807, 2.05) is 12.2 Å². The van der Waals surface area contributed by atoms with Gasteiger partial charge in [-0.2, -0.15) is 0 Å². The lowest BCUT2D eigenvalue weighted by Gasteiger charge is -2.35. The Labute approximate surface area is 327 Å². The number of anilines is 2. The highest BCUT2D eigenvalue weighted by Gasteiger charge is 2.25. The molecule has 10 rings (SSSR count). The second-order valence-corrected chi connectivity index (χ2v) is 14.5. The minimum atomic E-state index is 0.0695. The summed E-state index contributed by atoms with van der Waals surface area (Å²) in [5.74, 6) is 0. The van der Waals surface area contributed by atoms with Crippen molar-refractivity contribution >= 4 is 66.5 Å². The molecule has 0 N–H and O–H groups in total. The highest BCUT2D eigenvalue weighted by molar-refractivity contribution is 6.11. The Morgan fingerprint density at radius 1 is 0.536 bits per heavy atom. The molecule has 0 amide bonds. The van der Waals surface area contributed by atoms with Crippen LogP contribution in [0.25, 0.3) is 77.4 Å². The van der Waals surface area contributed by atoms with Gasteiger partial charge in [-0.25, -0.2) is 0 Å². The lowest BCUT2D eigenvalue weighted by molar-refractivity contribution is 0.669. The number of furan rings is 1. The molecule has 0 fully saturated rings. The van der Waals surface area contributed by atoms with Gasteiger partial charge in [-0.15, -0.1) is 0 Å². The van der Waals surface area contributed by atoms with Crippen molar-refractivity contribution in [1.29, 1.82) is 0 Å². The van der Waals surface area contributed by atoms with E-state index in [0.717, 1.165) is 39.6 Å². The molecule has 1 aliphatic rings. The highest BCUT2D eigenvalue weighted by atomic mass is 16.3. The minimum absolute atomic E-state index is 0.0695. The van der Waals surface area contributed by atoms with Crippen LogP contribution in [0, 0.1) is 0 Å². The molecule has 1 aromatic heterocycles. The topological polar surface area (TPSA) is 16.4 Å². The van der Waals surface area contributed by atoms with Gasteiger partial charge in [0.2, 0.25) is 0 Å². The third-order valence-electron chi connectivity index (χ3n) is 11.1. The third kappa shape index (κ3) is 6.02. The molecule has 1 heterocycles. The summed E-state index contributed by atoms with van der Waals surface area (Å²) in [4.78, 5) is 2.55. The molecule has 1 unspecified atom stereocenters.